The van der Waals surface area contributed by atoms with Crippen molar-refractivity contribution >= 4 is 33.0 Å². The first-order chi connectivity index (χ1) is 14.4. The summed E-state index contributed by atoms with van der Waals surface area (Å²) in [5, 5.41) is 4.29. The highest BCUT2D eigenvalue weighted by Crippen LogP contribution is 2.28. The average molecular weight is 449 g/mol. The summed E-state index contributed by atoms with van der Waals surface area (Å²) < 4.78 is 46.6. The lowest BCUT2D eigenvalue weighted by Gasteiger charge is -2.23. The molecule has 0 saturated carbocycles. The lowest BCUT2D eigenvalue weighted by atomic mass is 10.2. The Bertz CT molecular complexity index is 1080. The minimum Gasteiger partial charge on any atom is -0.494 e. The molecule has 6 nitrogen and oxygen atoms in total. The van der Waals surface area contributed by atoms with E-state index in [1.165, 1.54) is 24.3 Å². The second-order valence-electron chi connectivity index (χ2n) is 6.25. The quantitative estimate of drug-likeness (QED) is 0.540. The van der Waals surface area contributed by atoms with Crippen LogP contribution in [0.1, 0.15) is 12.5 Å². The Hall–Kier alpha value is -2.91. The maximum atomic E-state index is 14.4. The number of amides is 1. The maximum absolute atomic E-state index is 14.4. The lowest BCUT2D eigenvalue weighted by Crippen LogP contribution is -2.40. The first-order valence-electron chi connectivity index (χ1n) is 9.21. The van der Waals surface area contributed by atoms with E-state index in [9.17, 15) is 17.6 Å². The molecule has 0 spiro atoms. The molecule has 2 aromatic carbocycles. The highest BCUT2D eigenvalue weighted by atomic mass is 32.2. The van der Waals surface area contributed by atoms with E-state index in [1.54, 1.807) is 23.6 Å². The Kier molecular flexibility index (Phi) is 7.07. The molecule has 0 bridgehead atoms. The van der Waals surface area contributed by atoms with Gasteiger partial charge in [0.15, 0.2) is 0 Å². The van der Waals surface area contributed by atoms with Gasteiger partial charge >= 0.3 is 0 Å². The molecule has 1 N–H and O–H groups in total. The van der Waals surface area contributed by atoms with Crippen molar-refractivity contribution in [1.82, 2.24) is 5.32 Å². The normalized spacial score (nSPS) is 11.1. The van der Waals surface area contributed by atoms with Crippen molar-refractivity contribution in [2.24, 2.45) is 0 Å². The number of rotatable bonds is 9. The van der Waals surface area contributed by atoms with Gasteiger partial charge in [-0.15, -0.1) is 11.3 Å². The molecule has 0 fully saturated rings. The van der Waals surface area contributed by atoms with Crippen LogP contribution in [0.4, 0.5) is 10.1 Å². The van der Waals surface area contributed by atoms with Crippen LogP contribution < -0.4 is 14.4 Å². The molecule has 0 radical (unpaired) electrons. The molecule has 9 heteroatoms. The summed E-state index contributed by atoms with van der Waals surface area (Å²) in [6.07, 6.45) is 0. The van der Waals surface area contributed by atoms with Gasteiger partial charge in [0.1, 0.15) is 22.3 Å². The summed E-state index contributed by atoms with van der Waals surface area (Å²) in [4.78, 5) is 12.5. The number of thiophene rings is 1. The van der Waals surface area contributed by atoms with E-state index < -0.39 is 28.3 Å². The van der Waals surface area contributed by atoms with Gasteiger partial charge in [0, 0.05) is 6.54 Å². The van der Waals surface area contributed by atoms with Gasteiger partial charge in [0.05, 0.1) is 12.3 Å². The number of hydrogen-bond donors (Lipinski definition) is 1. The van der Waals surface area contributed by atoms with E-state index in [4.69, 9.17) is 4.74 Å². The number of anilines is 1. The van der Waals surface area contributed by atoms with Crippen molar-refractivity contribution < 1.29 is 22.3 Å². The molecule has 0 aliphatic heterocycles. The molecule has 0 aliphatic carbocycles. The molecular formula is C21H21FN2O4S2. The predicted molar refractivity (Wildman–Crippen MR) is 115 cm³/mol. The summed E-state index contributed by atoms with van der Waals surface area (Å²) in [5.41, 5.74) is 0.646. The van der Waals surface area contributed by atoms with Gasteiger partial charge in [-0.1, -0.05) is 30.3 Å². The van der Waals surface area contributed by atoms with Crippen molar-refractivity contribution in [2.45, 2.75) is 17.7 Å². The van der Waals surface area contributed by atoms with Gasteiger partial charge in [0.2, 0.25) is 5.91 Å². The first kappa shape index (κ1) is 21.8. The van der Waals surface area contributed by atoms with Crippen LogP contribution in [0.15, 0.2) is 70.3 Å². The molecule has 30 heavy (non-hydrogen) atoms. The summed E-state index contributed by atoms with van der Waals surface area (Å²) in [5.74, 6) is -0.551. The van der Waals surface area contributed by atoms with Gasteiger partial charge in [0.25, 0.3) is 10.0 Å². The number of hydrogen-bond acceptors (Lipinski definition) is 5. The van der Waals surface area contributed by atoms with Crippen LogP contribution >= 0.6 is 11.3 Å². The van der Waals surface area contributed by atoms with Crippen molar-refractivity contribution in [3.8, 4) is 5.75 Å². The SMILES string of the molecule is CCOc1ccc(CNC(=O)CN(c2ccccc2F)S(=O)(=O)c2cccs2)cc1. The number of nitrogens with zero attached hydrogens (tertiary/aromatic N) is 1. The Morgan fingerprint density at radius 3 is 2.47 bits per heavy atom. The smallest absolute Gasteiger partial charge is 0.274 e. The summed E-state index contributed by atoms with van der Waals surface area (Å²) in [6.45, 7) is 2.11. The van der Waals surface area contributed by atoms with E-state index in [-0.39, 0.29) is 16.4 Å². The van der Waals surface area contributed by atoms with Gasteiger partial charge < -0.3 is 10.1 Å². The number of carbonyl (C=O) groups excluding carboxylic acids is 1. The third-order valence-electron chi connectivity index (χ3n) is 4.17. The van der Waals surface area contributed by atoms with Crippen LogP contribution in [0.5, 0.6) is 5.75 Å². The van der Waals surface area contributed by atoms with Gasteiger partial charge in [-0.25, -0.2) is 12.8 Å². The maximum Gasteiger partial charge on any atom is 0.274 e. The van der Waals surface area contributed by atoms with Crippen LogP contribution in [0.2, 0.25) is 0 Å². The lowest BCUT2D eigenvalue weighted by molar-refractivity contribution is -0.119. The molecule has 0 unspecified atom stereocenters. The fourth-order valence-corrected chi connectivity index (χ4v) is 5.26. The highest BCUT2D eigenvalue weighted by Gasteiger charge is 2.29. The summed E-state index contributed by atoms with van der Waals surface area (Å²) >= 11 is 1.01. The van der Waals surface area contributed by atoms with Gasteiger partial charge in [-0.05, 0) is 48.2 Å². The predicted octanol–water partition coefficient (Wildman–Crippen LogP) is 3.80. The second kappa shape index (κ2) is 9.73. The summed E-state index contributed by atoms with van der Waals surface area (Å²) in [6, 6.07) is 15.7. The largest absolute Gasteiger partial charge is 0.494 e. The summed E-state index contributed by atoms with van der Waals surface area (Å²) in [7, 11) is -4.09. The van der Waals surface area contributed by atoms with E-state index in [0.717, 1.165) is 33.0 Å². The van der Waals surface area contributed by atoms with Gasteiger partial charge in [-0.2, -0.15) is 0 Å². The fourth-order valence-electron chi connectivity index (χ4n) is 2.73. The number of ether oxygens (including phenoxy) is 1. The van der Waals surface area contributed by atoms with Crippen LogP contribution in [-0.2, 0) is 21.4 Å². The van der Waals surface area contributed by atoms with Crippen molar-refractivity contribution in [1.29, 1.82) is 0 Å². The minimum absolute atomic E-state index is 0.0325. The Labute approximate surface area is 179 Å². The van der Waals surface area contributed by atoms with Crippen LogP contribution in [0.25, 0.3) is 0 Å². The number of halogens is 1. The fraction of sp³-hybridized carbons (Fsp3) is 0.190. The third kappa shape index (κ3) is 5.17. The standard InChI is InChI=1S/C21H21FN2O4S2/c1-2-28-17-11-9-16(10-12-17)14-23-20(25)15-24(19-7-4-3-6-18(19)22)30(26,27)21-8-5-13-29-21/h3-13H,2,14-15H2,1H3,(H,23,25). The second-order valence-corrected chi connectivity index (χ2v) is 9.29. The van der Waals surface area contributed by atoms with Crippen LogP contribution in [0.3, 0.4) is 0 Å². The zero-order chi connectivity index (χ0) is 21.6. The van der Waals surface area contributed by atoms with Crippen LogP contribution in [-0.4, -0.2) is 27.5 Å². The zero-order valence-electron chi connectivity index (χ0n) is 16.2. The Morgan fingerprint density at radius 2 is 1.83 bits per heavy atom. The highest BCUT2D eigenvalue weighted by molar-refractivity contribution is 7.94. The van der Waals surface area contributed by atoms with Gasteiger partial charge in [-0.3, -0.25) is 9.10 Å². The monoisotopic (exact) mass is 448 g/mol. The van der Waals surface area contributed by atoms with E-state index in [0.29, 0.717) is 6.61 Å². The number of carbonyl (C=O) groups is 1. The first-order valence-corrected chi connectivity index (χ1v) is 11.5. The number of nitrogens with one attached hydrogen (secondary N) is 1. The molecule has 1 aromatic heterocycles. The Morgan fingerprint density at radius 1 is 1.10 bits per heavy atom. The number of para-hydroxylation sites is 1. The average Bonchev–Trinajstić information content (AvgIpc) is 3.28. The van der Waals surface area contributed by atoms with E-state index >= 15 is 0 Å². The topological polar surface area (TPSA) is 75.7 Å². The molecular weight excluding hydrogens is 427 g/mol. The molecule has 3 rings (SSSR count). The Balaban J connectivity index is 1.76. The van der Waals surface area contributed by atoms with Crippen molar-refractivity contribution in [3.05, 3.63) is 77.4 Å². The van der Waals surface area contributed by atoms with E-state index in [1.807, 2.05) is 19.1 Å². The zero-order valence-corrected chi connectivity index (χ0v) is 17.9. The minimum atomic E-state index is -4.09. The molecule has 0 atom stereocenters. The van der Waals surface area contributed by atoms with Crippen molar-refractivity contribution in [3.63, 3.8) is 0 Å². The molecule has 0 saturated heterocycles. The van der Waals surface area contributed by atoms with Crippen LogP contribution in [0, 0.1) is 5.82 Å². The van der Waals surface area contributed by atoms with E-state index in [2.05, 4.69) is 5.32 Å². The number of sulfonamides is 1. The molecule has 3 aromatic rings. The molecule has 1 heterocycles. The van der Waals surface area contributed by atoms with Crippen molar-refractivity contribution in [2.75, 3.05) is 17.5 Å². The number of benzene rings is 2. The molecule has 158 valence electrons. The third-order valence-corrected chi connectivity index (χ3v) is 7.30. The molecule has 1 amide bonds. The molecule has 0 aliphatic rings.